The van der Waals surface area contributed by atoms with Gasteiger partial charge in [-0.2, -0.15) is 0 Å². The molecule has 0 amide bonds. The third kappa shape index (κ3) is 3.18. The number of rotatable bonds is 4. The van der Waals surface area contributed by atoms with Crippen molar-refractivity contribution in [3.8, 4) is 0 Å². The van der Waals surface area contributed by atoms with E-state index in [2.05, 4.69) is 110 Å². The van der Waals surface area contributed by atoms with Crippen LogP contribution in [0.4, 0.5) is 0 Å². The van der Waals surface area contributed by atoms with E-state index < -0.39 is 17.6 Å². The second kappa shape index (κ2) is 7.44. The van der Waals surface area contributed by atoms with Crippen LogP contribution in [0.15, 0.2) is 97.1 Å². The lowest BCUT2D eigenvalue weighted by molar-refractivity contribution is 1.73. The molecule has 0 bridgehead atoms. The molecule has 26 heavy (non-hydrogen) atoms. The molecule has 4 aromatic carbocycles. The van der Waals surface area contributed by atoms with Crippen molar-refractivity contribution in [1.29, 1.82) is 0 Å². The maximum Gasteiger partial charge on any atom is 0.119 e. The molecular formula is C24H22Si2. The van der Waals surface area contributed by atoms with Crippen LogP contribution in [0.2, 0.25) is 13.1 Å². The van der Waals surface area contributed by atoms with Crippen LogP contribution in [0.1, 0.15) is 0 Å². The molecule has 0 nitrogen and oxygen atoms in total. The summed E-state index contributed by atoms with van der Waals surface area (Å²) in [5.41, 5.74) is 0. The Morgan fingerprint density at radius 1 is 0.423 bits per heavy atom. The Morgan fingerprint density at radius 3 is 1.19 bits per heavy atom. The molecule has 0 saturated heterocycles. The molecule has 4 aromatic rings. The van der Waals surface area contributed by atoms with Crippen LogP contribution >= 0.6 is 0 Å². The molecular weight excluding hydrogens is 344 g/mol. The second-order valence-electron chi connectivity index (χ2n) is 6.69. The number of benzene rings is 4. The van der Waals surface area contributed by atoms with Crippen molar-refractivity contribution in [3.63, 3.8) is 0 Å². The summed E-state index contributed by atoms with van der Waals surface area (Å²) in [5, 5.41) is 8.85. The molecule has 0 N–H and O–H groups in total. The summed E-state index contributed by atoms with van der Waals surface area (Å²) in [6, 6.07) is 35.7. The van der Waals surface area contributed by atoms with Crippen LogP contribution in [0, 0.1) is 0 Å². The minimum Gasteiger partial charge on any atom is -0.0628 e. The molecule has 0 aliphatic heterocycles. The van der Waals surface area contributed by atoms with E-state index in [1.807, 2.05) is 0 Å². The highest BCUT2D eigenvalue weighted by molar-refractivity contribution is 6.88. The van der Waals surface area contributed by atoms with E-state index in [1.54, 1.807) is 0 Å². The Bertz CT molecular complexity index is 925. The topological polar surface area (TPSA) is 0 Å². The zero-order valence-electron chi connectivity index (χ0n) is 15.2. The van der Waals surface area contributed by atoms with Crippen molar-refractivity contribution >= 4 is 49.1 Å². The summed E-state index contributed by atoms with van der Waals surface area (Å²) in [4.78, 5) is 0. The zero-order chi connectivity index (χ0) is 17.9. The Morgan fingerprint density at radius 2 is 0.808 bits per heavy atom. The fourth-order valence-electron chi connectivity index (χ4n) is 3.65. The minimum absolute atomic E-state index is 0.764. The van der Waals surface area contributed by atoms with E-state index in [-0.39, 0.29) is 0 Å². The van der Waals surface area contributed by atoms with Gasteiger partial charge in [0.25, 0.3) is 0 Å². The fraction of sp³-hybridized carbons (Fsp3) is 0.0833. The van der Waals surface area contributed by atoms with E-state index in [0.29, 0.717) is 0 Å². The minimum atomic E-state index is -0.764. The van der Waals surface area contributed by atoms with Crippen LogP contribution in [0.5, 0.6) is 0 Å². The average Bonchev–Trinajstić information content (AvgIpc) is 2.73. The number of hydrogen-bond donors (Lipinski definition) is 0. The quantitative estimate of drug-likeness (QED) is 0.486. The predicted octanol–water partition coefficient (Wildman–Crippen LogP) is 3.32. The number of fused-ring (bicyclic) bond motifs is 1. The molecule has 2 radical (unpaired) electrons. The van der Waals surface area contributed by atoms with Crippen molar-refractivity contribution in [1.82, 2.24) is 0 Å². The predicted molar refractivity (Wildman–Crippen MR) is 119 cm³/mol. The largest absolute Gasteiger partial charge is 0.119 e. The summed E-state index contributed by atoms with van der Waals surface area (Å²) >= 11 is 0. The molecule has 0 fully saturated rings. The van der Waals surface area contributed by atoms with Gasteiger partial charge in [-0.15, -0.1) is 0 Å². The molecule has 0 aliphatic carbocycles. The van der Waals surface area contributed by atoms with Gasteiger partial charge >= 0.3 is 0 Å². The van der Waals surface area contributed by atoms with E-state index in [4.69, 9.17) is 0 Å². The Hall–Kier alpha value is -2.43. The normalized spacial score (nSPS) is 11.4. The van der Waals surface area contributed by atoms with Gasteiger partial charge in [-0.25, -0.2) is 0 Å². The summed E-state index contributed by atoms with van der Waals surface area (Å²) in [6.07, 6.45) is 0. The first-order chi connectivity index (χ1) is 12.8. The summed E-state index contributed by atoms with van der Waals surface area (Å²) < 4.78 is 0. The molecule has 0 saturated carbocycles. The maximum absolute atomic E-state index is 2.41. The first-order valence-corrected chi connectivity index (χ1v) is 13.1. The lowest BCUT2D eigenvalue weighted by atomic mass is 10.1. The first kappa shape index (κ1) is 17.0. The molecule has 0 spiro atoms. The third-order valence-electron chi connectivity index (χ3n) is 5.14. The molecule has 2 heteroatoms. The maximum atomic E-state index is 2.41. The molecule has 0 atom stereocenters. The molecule has 0 unspecified atom stereocenters. The van der Waals surface area contributed by atoms with Gasteiger partial charge in [0.1, 0.15) is 17.6 Å². The lowest BCUT2D eigenvalue weighted by Crippen LogP contribution is -2.42. The zero-order valence-corrected chi connectivity index (χ0v) is 17.2. The van der Waals surface area contributed by atoms with E-state index >= 15 is 0 Å². The highest BCUT2D eigenvalue weighted by Crippen LogP contribution is 2.12. The van der Waals surface area contributed by atoms with E-state index in [9.17, 15) is 0 Å². The molecule has 4 rings (SSSR count). The summed E-state index contributed by atoms with van der Waals surface area (Å²) in [6.45, 7) is 4.83. The van der Waals surface area contributed by atoms with Crippen LogP contribution < -0.4 is 20.7 Å². The highest BCUT2D eigenvalue weighted by atomic mass is 28.3. The SMILES string of the molecule is C[Si](c1ccccc1)c1cccc2c([Si](C)c3ccccc3)cccc12. The Balaban J connectivity index is 1.84. The van der Waals surface area contributed by atoms with E-state index in [1.165, 1.54) is 31.5 Å². The van der Waals surface area contributed by atoms with Gasteiger partial charge in [-0.05, 0) is 21.1 Å². The van der Waals surface area contributed by atoms with Gasteiger partial charge in [0, 0.05) is 0 Å². The molecule has 0 aliphatic rings. The highest BCUT2D eigenvalue weighted by Gasteiger charge is 2.17. The first-order valence-electron chi connectivity index (χ1n) is 9.06. The average molecular weight is 367 g/mol. The summed E-state index contributed by atoms with van der Waals surface area (Å²) in [7, 11) is -1.53. The van der Waals surface area contributed by atoms with Crippen LogP contribution in [0.25, 0.3) is 10.8 Å². The van der Waals surface area contributed by atoms with Gasteiger partial charge in [0.2, 0.25) is 0 Å². The van der Waals surface area contributed by atoms with Crippen molar-refractivity contribution < 1.29 is 0 Å². The second-order valence-corrected chi connectivity index (χ2v) is 11.4. The van der Waals surface area contributed by atoms with Crippen molar-refractivity contribution in [2.75, 3.05) is 0 Å². The Labute approximate surface area is 159 Å². The molecule has 0 aromatic heterocycles. The third-order valence-corrected chi connectivity index (χ3v) is 10.0. The summed E-state index contributed by atoms with van der Waals surface area (Å²) in [5.74, 6) is 0. The van der Waals surface area contributed by atoms with Crippen molar-refractivity contribution in [2.24, 2.45) is 0 Å². The van der Waals surface area contributed by atoms with Crippen molar-refractivity contribution in [2.45, 2.75) is 13.1 Å². The lowest BCUT2D eigenvalue weighted by Gasteiger charge is -2.18. The Kier molecular flexibility index (Phi) is 4.87. The molecule has 0 heterocycles. The van der Waals surface area contributed by atoms with Crippen LogP contribution in [-0.4, -0.2) is 17.6 Å². The van der Waals surface area contributed by atoms with E-state index in [0.717, 1.165) is 0 Å². The fourth-order valence-corrected chi connectivity index (χ4v) is 7.59. The van der Waals surface area contributed by atoms with Gasteiger partial charge < -0.3 is 0 Å². The monoisotopic (exact) mass is 366 g/mol. The van der Waals surface area contributed by atoms with Gasteiger partial charge in [-0.1, -0.05) is 121 Å². The van der Waals surface area contributed by atoms with Crippen LogP contribution in [-0.2, 0) is 0 Å². The van der Waals surface area contributed by atoms with Gasteiger partial charge in [0.05, 0.1) is 0 Å². The van der Waals surface area contributed by atoms with Crippen LogP contribution in [0.3, 0.4) is 0 Å². The van der Waals surface area contributed by atoms with Gasteiger partial charge in [0.15, 0.2) is 0 Å². The number of hydrogen-bond acceptors (Lipinski definition) is 0. The standard InChI is InChI=1S/C24H22Si2/c1-25(19-11-5-3-6-12-19)23-17-9-16-22-21(23)15-10-18-24(22)26(2)20-13-7-4-8-14-20/h3-18H,1-2H3. The van der Waals surface area contributed by atoms with Gasteiger partial charge in [-0.3, -0.25) is 0 Å². The molecule has 126 valence electrons. The smallest absolute Gasteiger partial charge is 0.0628 e. The van der Waals surface area contributed by atoms with Crippen molar-refractivity contribution in [3.05, 3.63) is 97.1 Å².